The monoisotopic (exact) mass is 271 g/mol. The fraction of sp³-hybridized carbons (Fsp3) is 0.571. The number of aliphatic hydroxyl groups is 1. The molecule has 3 N–H and O–H groups in total. The maximum Gasteiger partial charge on any atom is 0.118 e. The summed E-state index contributed by atoms with van der Waals surface area (Å²) in [4.78, 5) is 0. The minimum atomic E-state index is -0.425. The second-order valence-electron chi connectivity index (χ2n) is 4.83. The van der Waals surface area contributed by atoms with Crippen molar-refractivity contribution in [3.05, 3.63) is 29.8 Å². The molecular weight excluding hydrogens is 250 g/mol. The molecular formula is C14H22ClNO2. The van der Waals surface area contributed by atoms with Gasteiger partial charge in [-0.15, -0.1) is 12.4 Å². The Morgan fingerprint density at radius 3 is 2.28 bits per heavy atom. The molecule has 0 aliphatic heterocycles. The van der Waals surface area contributed by atoms with E-state index >= 15 is 0 Å². The summed E-state index contributed by atoms with van der Waals surface area (Å²) in [5.41, 5.74) is 7.10. The van der Waals surface area contributed by atoms with Gasteiger partial charge in [0.1, 0.15) is 5.75 Å². The predicted octanol–water partition coefficient (Wildman–Crippen LogP) is 2.67. The topological polar surface area (TPSA) is 55.5 Å². The van der Waals surface area contributed by atoms with Crippen molar-refractivity contribution in [3.63, 3.8) is 0 Å². The number of methoxy groups -OCH3 is 1. The van der Waals surface area contributed by atoms with Crippen LogP contribution in [0, 0.1) is 5.92 Å². The first-order valence-corrected chi connectivity index (χ1v) is 6.30. The molecule has 0 amide bonds. The molecule has 0 saturated heterocycles. The Kier molecular flexibility index (Phi) is 5.93. The van der Waals surface area contributed by atoms with E-state index in [2.05, 4.69) is 0 Å². The third-order valence-corrected chi connectivity index (χ3v) is 3.75. The van der Waals surface area contributed by atoms with Gasteiger partial charge < -0.3 is 15.6 Å². The van der Waals surface area contributed by atoms with Gasteiger partial charge in [-0.25, -0.2) is 0 Å². The van der Waals surface area contributed by atoms with Crippen molar-refractivity contribution in [2.24, 2.45) is 11.7 Å². The predicted molar refractivity (Wildman–Crippen MR) is 75.1 cm³/mol. The number of halogens is 1. The number of hydrogen-bond acceptors (Lipinski definition) is 3. The van der Waals surface area contributed by atoms with Crippen LogP contribution in [0.1, 0.15) is 37.3 Å². The number of nitrogens with two attached hydrogens (primary N) is 1. The number of benzene rings is 1. The Hall–Kier alpha value is -0.770. The number of rotatable bonds is 4. The lowest BCUT2D eigenvalue weighted by Gasteiger charge is -2.24. The number of ether oxygens (including phenoxy) is 1. The molecule has 1 aromatic carbocycles. The highest BCUT2D eigenvalue weighted by molar-refractivity contribution is 5.85. The Bertz CT molecular complexity index is 349. The van der Waals surface area contributed by atoms with E-state index in [1.807, 2.05) is 24.3 Å². The summed E-state index contributed by atoms with van der Waals surface area (Å²) < 4.78 is 5.11. The smallest absolute Gasteiger partial charge is 0.118 e. The van der Waals surface area contributed by atoms with Crippen LogP contribution in [-0.2, 0) is 0 Å². The van der Waals surface area contributed by atoms with Crippen molar-refractivity contribution in [1.29, 1.82) is 0 Å². The van der Waals surface area contributed by atoms with Gasteiger partial charge in [0.15, 0.2) is 0 Å². The average molecular weight is 272 g/mol. The zero-order chi connectivity index (χ0) is 12.3. The van der Waals surface area contributed by atoms with Gasteiger partial charge in [0, 0.05) is 0 Å². The van der Waals surface area contributed by atoms with Gasteiger partial charge in [-0.05, 0) is 36.5 Å². The molecule has 0 unspecified atom stereocenters. The van der Waals surface area contributed by atoms with Gasteiger partial charge in [0.25, 0.3) is 0 Å². The highest BCUT2D eigenvalue weighted by Gasteiger charge is 2.28. The van der Waals surface area contributed by atoms with Crippen molar-refractivity contribution >= 4 is 12.4 Å². The van der Waals surface area contributed by atoms with E-state index in [-0.39, 0.29) is 18.4 Å². The van der Waals surface area contributed by atoms with E-state index in [0.717, 1.165) is 24.2 Å². The Morgan fingerprint density at radius 2 is 1.78 bits per heavy atom. The van der Waals surface area contributed by atoms with Crippen molar-refractivity contribution in [1.82, 2.24) is 0 Å². The summed E-state index contributed by atoms with van der Waals surface area (Å²) >= 11 is 0. The van der Waals surface area contributed by atoms with Crippen LogP contribution in [0.2, 0.25) is 0 Å². The molecule has 0 bridgehead atoms. The van der Waals surface area contributed by atoms with Crippen LogP contribution in [0.4, 0.5) is 0 Å². The quantitative estimate of drug-likeness (QED) is 0.885. The maximum atomic E-state index is 10.2. The molecule has 3 nitrogen and oxygen atoms in total. The molecule has 0 aromatic heterocycles. The zero-order valence-corrected chi connectivity index (χ0v) is 11.5. The first kappa shape index (κ1) is 15.3. The van der Waals surface area contributed by atoms with Crippen LogP contribution < -0.4 is 10.5 Å². The summed E-state index contributed by atoms with van der Waals surface area (Å²) in [6.45, 7) is 0. The molecule has 4 heteroatoms. The van der Waals surface area contributed by atoms with Gasteiger partial charge >= 0.3 is 0 Å². The highest BCUT2D eigenvalue weighted by Crippen LogP contribution is 2.32. The normalized spacial score (nSPS) is 19.1. The van der Waals surface area contributed by atoms with E-state index in [1.165, 1.54) is 12.8 Å². The molecule has 1 aliphatic rings. The summed E-state index contributed by atoms with van der Waals surface area (Å²) in [6.07, 6.45) is 4.22. The van der Waals surface area contributed by atoms with E-state index < -0.39 is 6.10 Å². The Balaban J connectivity index is 0.00000162. The number of aliphatic hydroxyl groups excluding tert-OH is 1. The fourth-order valence-corrected chi connectivity index (χ4v) is 2.62. The SMILES string of the molecule is COc1ccc([C@H](N)[C@H](O)C2CCCC2)cc1.Cl. The first-order chi connectivity index (χ1) is 8.22. The summed E-state index contributed by atoms with van der Waals surface area (Å²) in [5, 5.41) is 10.2. The van der Waals surface area contributed by atoms with Gasteiger partial charge in [-0.3, -0.25) is 0 Å². The minimum absolute atomic E-state index is 0. The van der Waals surface area contributed by atoms with E-state index in [4.69, 9.17) is 10.5 Å². The molecule has 0 radical (unpaired) electrons. The third-order valence-electron chi connectivity index (χ3n) is 3.75. The average Bonchev–Trinajstić information content (AvgIpc) is 2.91. The lowest BCUT2D eigenvalue weighted by Crippen LogP contribution is -2.31. The second-order valence-corrected chi connectivity index (χ2v) is 4.83. The lowest BCUT2D eigenvalue weighted by molar-refractivity contribution is 0.0845. The molecule has 1 saturated carbocycles. The molecule has 1 aliphatic carbocycles. The molecule has 2 rings (SSSR count). The minimum Gasteiger partial charge on any atom is -0.497 e. The number of hydrogen-bond donors (Lipinski definition) is 2. The molecule has 1 aromatic rings. The van der Waals surface area contributed by atoms with Crippen LogP contribution in [0.15, 0.2) is 24.3 Å². The molecule has 102 valence electrons. The fourth-order valence-electron chi connectivity index (χ4n) is 2.62. The summed E-state index contributed by atoms with van der Waals surface area (Å²) in [7, 11) is 1.64. The van der Waals surface area contributed by atoms with Crippen molar-refractivity contribution < 1.29 is 9.84 Å². The zero-order valence-electron chi connectivity index (χ0n) is 10.7. The van der Waals surface area contributed by atoms with Crippen molar-refractivity contribution in [2.45, 2.75) is 37.8 Å². The van der Waals surface area contributed by atoms with Gasteiger partial charge in [0.05, 0.1) is 19.3 Å². The van der Waals surface area contributed by atoms with Crippen LogP contribution in [-0.4, -0.2) is 18.3 Å². The maximum absolute atomic E-state index is 10.2. The van der Waals surface area contributed by atoms with Gasteiger partial charge in [-0.2, -0.15) is 0 Å². The lowest BCUT2D eigenvalue weighted by atomic mass is 9.91. The van der Waals surface area contributed by atoms with Crippen LogP contribution in [0.3, 0.4) is 0 Å². The van der Waals surface area contributed by atoms with Crippen LogP contribution in [0.5, 0.6) is 5.75 Å². The molecule has 2 atom stereocenters. The van der Waals surface area contributed by atoms with Gasteiger partial charge in [0.2, 0.25) is 0 Å². The van der Waals surface area contributed by atoms with E-state index in [9.17, 15) is 5.11 Å². The molecule has 0 spiro atoms. The summed E-state index contributed by atoms with van der Waals surface area (Å²) in [5.74, 6) is 1.18. The largest absolute Gasteiger partial charge is 0.497 e. The Morgan fingerprint density at radius 1 is 1.22 bits per heavy atom. The molecule has 1 fully saturated rings. The first-order valence-electron chi connectivity index (χ1n) is 6.30. The molecule has 0 heterocycles. The van der Waals surface area contributed by atoms with E-state index in [0.29, 0.717) is 5.92 Å². The van der Waals surface area contributed by atoms with Gasteiger partial charge in [-0.1, -0.05) is 25.0 Å². The third kappa shape index (κ3) is 3.37. The van der Waals surface area contributed by atoms with E-state index in [1.54, 1.807) is 7.11 Å². The van der Waals surface area contributed by atoms with Crippen molar-refractivity contribution in [3.8, 4) is 5.75 Å². The Labute approximate surface area is 115 Å². The van der Waals surface area contributed by atoms with Crippen LogP contribution >= 0.6 is 12.4 Å². The molecule has 18 heavy (non-hydrogen) atoms. The van der Waals surface area contributed by atoms with Crippen LogP contribution in [0.25, 0.3) is 0 Å². The summed E-state index contributed by atoms with van der Waals surface area (Å²) in [6, 6.07) is 7.35. The second kappa shape index (κ2) is 6.98. The standard InChI is InChI=1S/C14H21NO2.ClH/c1-17-12-8-6-10(7-9-12)13(15)14(16)11-4-2-3-5-11;/h6-9,11,13-14,16H,2-5,15H2,1H3;1H/t13-,14+;/m0./s1. The van der Waals surface area contributed by atoms with Crippen molar-refractivity contribution in [2.75, 3.05) is 7.11 Å². The highest BCUT2D eigenvalue weighted by atomic mass is 35.5.